The number of likely N-dealkylation sites (N-methyl/N-ethyl adjacent to an activating group) is 1. The van der Waals surface area contributed by atoms with E-state index < -0.39 is 0 Å². The summed E-state index contributed by atoms with van der Waals surface area (Å²) in [5.41, 5.74) is 5.33. The number of imidazole rings is 1. The van der Waals surface area contributed by atoms with Gasteiger partial charge in [0.1, 0.15) is 12.3 Å². The van der Waals surface area contributed by atoms with Crippen LogP contribution in [-0.2, 0) is 4.79 Å². The number of aromatic nitrogens is 2. The molecule has 0 atom stereocenters. The first kappa shape index (κ1) is 26.7. The van der Waals surface area contributed by atoms with Crippen LogP contribution in [0.2, 0.25) is 0 Å². The summed E-state index contributed by atoms with van der Waals surface area (Å²) in [6, 6.07) is 23.2. The molecule has 7 nitrogen and oxygen atoms in total. The Balaban J connectivity index is 1.61. The Morgan fingerprint density at radius 3 is 2.21 bits per heavy atom. The quantitative estimate of drug-likeness (QED) is 0.296. The molecule has 0 saturated heterocycles. The fraction of sp³-hybridized carbons (Fsp3) is 0.258. The molecular formula is C31H34N4O3. The molecular weight excluding hydrogens is 476 g/mol. The Kier molecular flexibility index (Phi) is 8.26. The SMILES string of the molecule is CCN(CC(=O)Nc1nc(-c2ccc(OC)cc2)cn1-c1ccc(C(C)C)cc1)C(=O)c1ccc(C)cc1. The first-order valence-corrected chi connectivity index (χ1v) is 12.8. The number of anilines is 1. The van der Waals surface area contributed by atoms with Gasteiger partial charge in [0, 0.05) is 29.6 Å². The topological polar surface area (TPSA) is 76.5 Å². The average molecular weight is 511 g/mol. The number of carbonyl (C=O) groups is 2. The van der Waals surface area contributed by atoms with Crippen LogP contribution in [0.1, 0.15) is 48.2 Å². The van der Waals surface area contributed by atoms with E-state index >= 15 is 0 Å². The van der Waals surface area contributed by atoms with E-state index in [1.165, 1.54) is 10.5 Å². The van der Waals surface area contributed by atoms with Crippen LogP contribution < -0.4 is 10.1 Å². The molecule has 0 fully saturated rings. The van der Waals surface area contributed by atoms with Crippen molar-refractivity contribution in [2.75, 3.05) is 25.5 Å². The van der Waals surface area contributed by atoms with Crippen LogP contribution >= 0.6 is 0 Å². The van der Waals surface area contributed by atoms with E-state index in [2.05, 4.69) is 31.3 Å². The molecule has 4 aromatic rings. The molecule has 4 rings (SSSR count). The minimum Gasteiger partial charge on any atom is -0.497 e. The molecule has 1 N–H and O–H groups in total. The molecule has 3 aromatic carbocycles. The minimum absolute atomic E-state index is 0.0831. The van der Waals surface area contributed by atoms with Gasteiger partial charge >= 0.3 is 0 Å². The number of amides is 2. The maximum absolute atomic E-state index is 13.2. The van der Waals surface area contributed by atoms with Gasteiger partial charge in [0.15, 0.2) is 0 Å². The maximum Gasteiger partial charge on any atom is 0.254 e. The van der Waals surface area contributed by atoms with E-state index in [4.69, 9.17) is 9.72 Å². The van der Waals surface area contributed by atoms with Crippen LogP contribution in [0, 0.1) is 6.92 Å². The molecule has 0 spiro atoms. The number of carbonyl (C=O) groups excluding carboxylic acids is 2. The number of ether oxygens (including phenoxy) is 1. The predicted octanol–water partition coefficient (Wildman–Crippen LogP) is 6.08. The van der Waals surface area contributed by atoms with Crippen molar-refractivity contribution in [1.82, 2.24) is 14.5 Å². The van der Waals surface area contributed by atoms with Crippen molar-refractivity contribution in [3.8, 4) is 22.7 Å². The summed E-state index contributed by atoms with van der Waals surface area (Å²) in [6.07, 6.45) is 1.90. The number of benzene rings is 3. The maximum atomic E-state index is 13.2. The number of hydrogen-bond donors (Lipinski definition) is 1. The lowest BCUT2D eigenvalue weighted by molar-refractivity contribution is -0.116. The van der Waals surface area contributed by atoms with Crippen LogP contribution in [0.15, 0.2) is 79.0 Å². The van der Waals surface area contributed by atoms with Gasteiger partial charge in [-0.3, -0.25) is 19.5 Å². The molecule has 1 aromatic heterocycles. The first-order valence-electron chi connectivity index (χ1n) is 12.8. The van der Waals surface area contributed by atoms with E-state index in [-0.39, 0.29) is 18.4 Å². The summed E-state index contributed by atoms with van der Waals surface area (Å²) < 4.78 is 7.14. The molecule has 0 saturated carbocycles. The third kappa shape index (κ3) is 6.11. The molecule has 0 unspecified atom stereocenters. The van der Waals surface area contributed by atoms with Gasteiger partial charge in [0.25, 0.3) is 5.91 Å². The molecule has 38 heavy (non-hydrogen) atoms. The van der Waals surface area contributed by atoms with E-state index in [1.807, 2.05) is 73.1 Å². The Morgan fingerprint density at radius 2 is 1.63 bits per heavy atom. The molecule has 196 valence electrons. The zero-order chi connectivity index (χ0) is 27.2. The van der Waals surface area contributed by atoms with Crippen molar-refractivity contribution in [1.29, 1.82) is 0 Å². The van der Waals surface area contributed by atoms with Crippen molar-refractivity contribution in [3.63, 3.8) is 0 Å². The van der Waals surface area contributed by atoms with Gasteiger partial charge in [0.05, 0.1) is 12.8 Å². The van der Waals surface area contributed by atoms with E-state index in [9.17, 15) is 9.59 Å². The Morgan fingerprint density at radius 1 is 0.974 bits per heavy atom. The molecule has 0 aliphatic rings. The lowest BCUT2D eigenvalue weighted by Gasteiger charge is -2.20. The predicted molar refractivity (Wildman–Crippen MR) is 151 cm³/mol. The van der Waals surface area contributed by atoms with Crippen molar-refractivity contribution in [3.05, 3.63) is 95.7 Å². The first-order chi connectivity index (χ1) is 18.3. The summed E-state index contributed by atoms with van der Waals surface area (Å²) in [5, 5.41) is 2.93. The zero-order valence-corrected chi connectivity index (χ0v) is 22.6. The van der Waals surface area contributed by atoms with Crippen molar-refractivity contribution < 1.29 is 14.3 Å². The fourth-order valence-electron chi connectivity index (χ4n) is 4.13. The molecule has 1 heterocycles. The normalized spacial score (nSPS) is 10.9. The van der Waals surface area contributed by atoms with Crippen molar-refractivity contribution in [2.45, 2.75) is 33.6 Å². The summed E-state index contributed by atoms with van der Waals surface area (Å²) in [7, 11) is 1.63. The number of hydrogen-bond acceptors (Lipinski definition) is 4. The standard InChI is InChI=1S/C31H34N4O3/c1-6-34(30(37)25-9-7-22(4)8-10-25)20-29(36)33-31-32-28(24-13-17-27(38-5)18-14-24)19-35(31)26-15-11-23(12-16-26)21(2)3/h7-19,21H,6,20H2,1-5H3,(H,32,33,36). The van der Waals surface area contributed by atoms with Crippen LogP contribution in [0.3, 0.4) is 0 Å². The highest BCUT2D eigenvalue weighted by Crippen LogP contribution is 2.27. The van der Waals surface area contributed by atoms with Crippen LogP contribution in [0.5, 0.6) is 5.75 Å². The third-order valence-corrected chi connectivity index (χ3v) is 6.48. The summed E-state index contributed by atoms with van der Waals surface area (Å²) in [5.74, 6) is 1.04. The third-order valence-electron chi connectivity index (χ3n) is 6.48. The number of aryl methyl sites for hydroxylation is 1. The monoisotopic (exact) mass is 510 g/mol. The minimum atomic E-state index is -0.320. The second-order valence-corrected chi connectivity index (χ2v) is 9.53. The molecule has 2 amide bonds. The molecule has 0 aliphatic carbocycles. The van der Waals surface area contributed by atoms with Gasteiger partial charge in [-0.05, 0) is 73.9 Å². The lowest BCUT2D eigenvalue weighted by atomic mass is 10.0. The second kappa shape index (κ2) is 11.8. The number of nitrogens with one attached hydrogen (secondary N) is 1. The Hall–Kier alpha value is -4.39. The van der Waals surface area contributed by atoms with E-state index in [0.29, 0.717) is 29.7 Å². The highest BCUT2D eigenvalue weighted by Gasteiger charge is 2.20. The highest BCUT2D eigenvalue weighted by atomic mass is 16.5. The summed E-state index contributed by atoms with van der Waals surface area (Å²) >= 11 is 0. The van der Waals surface area contributed by atoms with Crippen LogP contribution in [0.25, 0.3) is 16.9 Å². The summed E-state index contributed by atoms with van der Waals surface area (Å²) in [6.45, 7) is 8.45. The lowest BCUT2D eigenvalue weighted by Crippen LogP contribution is -2.38. The largest absolute Gasteiger partial charge is 0.497 e. The van der Waals surface area contributed by atoms with Gasteiger partial charge in [-0.25, -0.2) is 4.98 Å². The highest BCUT2D eigenvalue weighted by molar-refractivity contribution is 5.99. The Bertz CT molecular complexity index is 1390. The second-order valence-electron chi connectivity index (χ2n) is 9.53. The van der Waals surface area contributed by atoms with Crippen LogP contribution in [0.4, 0.5) is 5.95 Å². The molecule has 0 bridgehead atoms. The molecule has 0 radical (unpaired) electrons. The van der Waals surface area contributed by atoms with Gasteiger partial charge < -0.3 is 9.64 Å². The summed E-state index contributed by atoms with van der Waals surface area (Å²) in [4.78, 5) is 32.4. The van der Waals surface area contributed by atoms with Crippen molar-refractivity contribution >= 4 is 17.8 Å². The van der Waals surface area contributed by atoms with Gasteiger partial charge in [-0.15, -0.1) is 0 Å². The van der Waals surface area contributed by atoms with Crippen molar-refractivity contribution in [2.24, 2.45) is 0 Å². The number of methoxy groups -OCH3 is 1. The van der Waals surface area contributed by atoms with E-state index in [0.717, 1.165) is 22.6 Å². The molecule has 7 heteroatoms. The Labute approximate surface area is 224 Å². The number of rotatable bonds is 9. The average Bonchev–Trinajstić information content (AvgIpc) is 3.35. The fourth-order valence-corrected chi connectivity index (χ4v) is 4.13. The van der Waals surface area contributed by atoms with Gasteiger partial charge in [0.2, 0.25) is 11.9 Å². The molecule has 0 aliphatic heterocycles. The zero-order valence-electron chi connectivity index (χ0n) is 22.6. The van der Waals surface area contributed by atoms with Gasteiger partial charge in [-0.2, -0.15) is 0 Å². The smallest absolute Gasteiger partial charge is 0.254 e. The van der Waals surface area contributed by atoms with Crippen LogP contribution in [-0.4, -0.2) is 46.5 Å². The van der Waals surface area contributed by atoms with E-state index in [1.54, 1.807) is 19.2 Å². The van der Waals surface area contributed by atoms with Gasteiger partial charge in [-0.1, -0.05) is 43.7 Å². The number of nitrogens with zero attached hydrogens (tertiary/aromatic N) is 3.